The zero-order valence-corrected chi connectivity index (χ0v) is 34.7. The van der Waals surface area contributed by atoms with Gasteiger partial charge in [-0.2, -0.15) is 0 Å². The van der Waals surface area contributed by atoms with Crippen molar-refractivity contribution >= 4 is 27.2 Å². The Hall–Kier alpha value is -7.81. The van der Waals surface area contributed by atoms with E-state index < -0.39 is 0 Å². The van der Waals surface area contributed by atoms with E-state index >= 15 is 0 Å². The molecule has 0 amide bonds. The van der Waals surface area contributed by atoms with Gasteiger partial charge in [0.2, 0.25) is 0 Å². The molecular weight excluding hydrogens is 749 g/mol. The minimum atomic E-state index is -0.229. The van der Waals surface area contributed by atoms with Crippen molar-refractivity contribution in [2.75, 3.05) is 0 Å². The van der Waals surface area contributed by atoms with Crippen LogP contribution in [0.5, 0.6) is 0 Å². The third-order valence-corrected chi connectivity index (χ3v) is 13.2. The maximum Gasteiger partial charge on any atom is 0.137 e. The molecule has 1 aliphatic rings. The first-order chi connectivity index (χ1) is 30.5. The Bertz CT molecular complexity index is 3490. The van der Waals surface area contributed by atoms with E-state index in [4.69, 9.17) is 4.98 Å². The molecule has 0 spiro atoms. The number of fused-ring (bicyclic) bond motifs is 6. The number of nitrogens with zero attached hydrogens (tertiary/aromatic N) is 2. The molecule has 292 valence electrons. The molecule has 1 aliphatic carbocycles. The lowest BCUT2D eigenvalue weighted by atomic mass is 9.79. The number of hydrogen-bond donors (Lipinski definition) is 0. The molecule has 0 aliphatic heterocycles. The van der Waals surface area contributed by atoms with E-state index in [1.807, 2.05) is 24.4 Å². The minimum absolute atomic E-state index is 0.229. The first-order valence-corrected chi connectivity index (χ1v) is 21.5. The molecule has 11 aromatic rings. The predicted octanol–water partition coefficient (Wildman–Crippen LogP) is 15.9. The normalized spacial score (nSPS) is 12.8. The summed E-state index contributed by atoms with van der Waals surface area (Å²) < 4.78 is 2.07. The maximum absolute atomic E-state index is 4.87. The van der Waals surface area contributed by atoms with Gasteiger partial charge in [0.1, 0.15) is 5.65 Å². The largest absolute Gasteiger partial charge is 0.306 e. The van der Waals surface area contributed by atoms with E-state index in [1.165, 1.54) is 99.4 Å². The van der Waals surface area contributed by atoms with Crippen molar-refractivity contribution in [1.29, 1.82) is 0 Å². The van der Waals surface area contributed by atoms with Crippen molar-refractivity contribution in [2.24, 2.45) is 0 Å². The molecule has 0 saturated heterocycles. The summed E-state index contributed by atoms with van der Waals surface area (Å²) in [5, 5.41) is 5.05. The SMILES string of the molecule is CC1(C)c2cc(-c3ccc(-c4cn5ccccc5n4)cc3)ccc2-c2cc3c(-c4cccc(-c5ccccc5)c4)c4ccccc4c(-c4cccc(-c5ccccc5)c4)c3cc21. The van der Waals surface area contributed by atoms with Crippen LogP contribution in [0.4, 0.5) is 0 Å². The zero-order chi connectivity index (χ0) is 41.4. The average Bonchev–Trinajstić information content (AvgIpc) is 3.86. The number of aromatic nitrogens is 2. The second-order valence-electron chi connectivity index (χ2n) is 17.2. The molecule has 0 saturated carbocycles. The van der Waals surface area contributed by atoms with E-state index in [0.717, 1.165) is 16.9 Å². The summed E-state index contributed by atoms with van der Waals surface area (Å²) in [5.41, 5.74) is 20.4. The molecule has 0 unspecified atom stereocenters. The van der Waals surface area contributed by atoms with Gasteiger partial charge in [-0.1, -0.05) is 178 Å². The van der Waals surface area contributed by atoms with Gasteiger partial charge in [-0.15, -0.1) is 0 Å². The lowest BCUT2D eigenvalue weighted by molar-refractivity contribution is 0.661. The molecule has 0 fully saturated rings. The third-order valence-electron chi connectivity index (χ3n) is 13.2. The van der Waals surface area contributed by atoms with Crippen LogP contribution in [0.2, 0.25) is 0 Å². The van der Waals surface area contributed by atoms with Crippen LogP contribution in [0.15, 0.2) is 219 Å². The van der Waals surface area contributed by atoms with Crippen LogP contribution < -0.4 is 0 Å². The van der Waals surface area contributed by atoms with Crippen LogP contribution in [0.3, 0.4) is 0 Å². The van der Waals surface area contributed by atoms with Crippen molar-refractivity contribution in [3.8, 4) is 78.0 Å². The Balaban J connectivity index is 1.06. The standard InChI is InChI=1S/C60H42N2/c1-60(2)54-35-45(41-26-28-42(29-27-41)56-38-62-32-12-11-25-57(62)61-56)30-31-48(54)51-36-52-53(37-55(51)60)59(47-22-14-20-44(34-47)40-17-7-4-8-18-40)50-24-10-9-23-49(50)58(52)46-21-13-19-43(33-46)39-15-5-3-6-16-39/h3-38H,1-2H3. The second-order valence-corrected chi connectivity index (χ2v) is 17.2. The maximum atomic E-state index is 4.87. The summed E-state index contributed by atoms with van der Waals surface area (Å²) >= 11 is 0. The highest BCUT2D eigenvalue weighted by atomic mass is 15.0. The summed E-state index contributed by atoms with van der Waals surface area (Å²) in [7, 11) is 0. The Morgan fingerprint density at radius 2 is 0.839 bits per heavy atom. The Kier molecular flexibility index (Phi) is 8.23. The number of benzene rings is 9. The lowest BCUT2D eigenvalue weighted by Gasteiger charge is -2.24. The van der Waals surface area contributed by atoms with Gasteiger partial charge in [-0.3, -0.25) is 0 Å². The second kappa shape index (κ2) is 14.1. The summed E-state index contributed by atoms with van der Waals surface area (Å²) in [6, 6.07) is 75.9. The zero-order valence-electron chi connectivity index (χ0n) is 34.7. The van der Waals surface area contributed by atoms with Gasteiger partial charge in [0.05, 0.1) is 5.69 Å². The van der Waals surface area contributed by atoms with Crippen molar-refractivity contribution in [3.63, 3.8) is 0 Å². The summed E-state index contributed by atoms with van der Waals surface area (Å²) in [6.45, 7) is 4.81. The van der Waals surface area contributed by atoms with Crippen LogP contribution in [0, 0.1) is 0 Å². The average molecular weight is 791 g/mol. The Morgan fingerprint density at radius 3 is 1.47 bits per heavy atom. The molecular formula is C60H42N2. The van der Waals surface area contributed by atoms with Gasteiger partial charge in [0.25, 0.3) is 0 Å². The molecule has 2 heteroatoms. The van der Waals surface area contributed by atoms with Gasteiger partial charge in [0, 0.05) is 23.4 Å². The molecule has 62 heavy (non-hydrogen) atoms. The molecule has 0 bridgehead atoms. The van der Waals surface area contributed by atoms with Gasteiger partial charge < -0.3 is 4.40 Å². The molecule has 12 rings (SSSR count). The molecule has 0 atom stereocenters. The van der Waals surface area contributed by atoms with E-state index in [2.05, 4.69) is 213 Å². The first-order valence-electron chi connectivity index (χ1n) is 21.5. The van der Waals surface area contributed by atoms with Crippen LogP contribution in [0.1, 0.15) is 25.0 Å². The molecule has 2 heterocycles. The minimum Gasteiger partial charge on any atom is -0.306 e. The van der Waals surface area contributed by atoms with Crippen LogP contribution in [0.25, 0.3) is 105 Å². The van der Waals surface area contributed by atoms with Crippen LogP contribution >= 0.6 is 0 Å². The van der Waals surface area contributed by atoms with Crippen molar-refractivity contribution in [2.45, 2.75) is 19.3 Å². The van der Waals surface area contributed by atoms with E-state index in [0.29, 0.717) is 0 Å². The van der Waals surface area contributed by atoms with Gasteiger partial charge in [0.15, 0.2) is 0 Å². The molecule has 2 aromatic heterocycles. The molecule has 9 aromatic carbocycles. The van der Waals surface area contributed by atoms with Crippen molar-refractivity contribution < 1.29 is 0 Å². The molecule has 0 N–H and O–H groups in total. The first kappa shape index (κ1) is 36.1. The third kappa shape index (κ3) is 5.83. The van der Waals surface area contributed by atoms with Crippen molar-refractivity contribution in [3.05, 3.63) is 230 Å². The number of rotatable bonds is 6. The van der Waals surface area contributed by atoms with Crippen molar-refractivity contribution in [1.82, 2.24) is 9.38 Å². The predicted molar refractivity (Wildman–Crippen MR) is 260 cm³/mol. The highest BCUT2D eigenvalue weighted by molar-refractivity contribution is 6.22. The van der Waals surface area contributed by atoms with Crippen LogP contribution in [-0.4, -0.2) is 9.38 Å². The topological polar surface area (TPSA) is 17.3 Å². The fourth-order valence-corrected chi connectivity index (χ4v) is 10.1. The van der Waals surface area contributed by atoms with Gasteiger partial charge in [-0.25, -0.2) is 4.98 Å². The summed E-state index contributed by atoms with van der Waals surface area (Å²) in [4.78, 5) is 4.87. The summed E-state index contributed by atoms with van der Waals surface area (Å²) in [6.07, 6.45) is 4.15. The lowest BCUT2D eigenvalue weighted by Crippen LogP contribution is -2.15. The monoisotopic (exact) mass is 790 g/mol. The molecule has 2 nitrogen and oxygen atoms in total. The van der Waals surface area contributed by atoms with Gasteiger partial charge in [-0.05, 0) is 142 Å². The van der Waals surface area contributed by atoms with E-state index in [-0.39, 0.29) is 5.41 Å². The van der Waals surface area contributed by atoms with E-state index in [9.17, 15) is 0 Å². The quantitative estimate of drug-likeness (QED) is 0.153. The fraction of sp³-hybridized carbons (Fsp3) is 0.0500. The smallest absolute Gasteiger partial charge is 0.137 e. The number of hydrogen-bond acceptors (Lipinski definition) is 1. The number of pyridine rings is 1. The van der Waals surface area contributed by atoms with Crippen LogP contribution in [-0.2, 0) is 5.41 Å². The van der Waals surface area contributed by atoms with E-state index in [1.54, 1.807) is 0 Å². The number of imidazole rings is 1. The highest BCUT2D eigenvalue weighted by Gasteiger charge is 2.37. The highest BCUT2D eigenvalue weighted by Crippen LogP contribution is 2.54. The fourth-order valence-electron chi connectivity index (χ4n) is 10.1. The summed E-state index contributed by atoms with van der Waals surface area (Å²) in [5.74, 6) is 0. The Labute approximate surface area is 362 Å². The molecule has 0 radical (unpaired) electrons. The van der Waals surface area contributed by atoms with Gasteiger partial charge >= 0.3 is 0 Å². The Morgan fingerprint density at radius 1 is 0.355 bits per heavy atom.